The van der Waals surface area contributed by atoms with E-state index in [-0.39, 0.29) is 0 Å². The van der Waals surface area contributed by atoms with Gasteiger partial charge in [-0.25, -0.2) is 0 Å². The van der Waals surface area contributed by atoms with Gasteiger partial charge < -0.3 is 16.4 Å². The normalized spacial score (nSPS) is 10.1. The summed E-state index contributed by atoms with van der Waals surface area (Å²) in [6, 6.07) is 5.31. The predicted octanol–water partition coefficient (Wildman–Crippen LogP) is 4.45. The lowest BCUT2D eigenvalue weighted by atomic mass is 10.3. The van der Waals surface area contributed by atoms with Crippen molar-refractivity contribution in [1.82, 2.24) is 0 Å². The van der Waals surface area contributed by atoms with Crippen LogP contribution in [0.2, 0.25) is 10.0 Å². The zero-order valence-electron chi connectivity index (χ0n) is 9.04. The van der Waals surface area contributed by atoms with E-state index >= 15 is 0 Å². The molecule has 2 rings (SSSR count). The highest BCUT2D eigenvalue weighted by atomic mass is 35.5. The Hall–Kier alpha value is -1.01. The molecule has 0 spiro atoms. The van der Waals surface area contributed by atoms with Gasteiger partial charge in [-0.05, 0) is 24.4 Å². The molecule has 1 aromatic heterocycles. The molecule has 0 aliphatic heterocycles. The average Bonchev–Trinajstić information content (AvgIpc) is 2.71. The van der Waals surface area contributed by atoms with Gasteiger partial charge in [0, 0.05) is 10.8 Å². The fourth-order valence-electron chi connectivity index (χ4n) is 1.29. The van der Waals surface area contributed by atoms with Crippen LogP contribution in [0.15, 0.2) is 29.0 Å². The summed E-state index contributed by atoms with van der Waals surface area (Å²) < 4.78 is 0. The van der Waals surface area contributed by atoms with Crippen molar-refractivity contribution in [1.29, 1.82) is 0 Å². The van der Waals surface area contributed by atoms with Gasteiger partial charge in [0.1, 0.15) is 0 Å². The van der Waals surface area contributed by atoms with E-state index in [9.17, 15) is 0 Å². The van der Waals surface area contributed by atoms with Crippen LogP contribution in [-0.4, -0.2) is 5.11 Å². The van der Waals surface area contributed by atoms with E-state index < -0.39 is 0 Å². The van der Waals surface area contributed by atoms with Gasteiger partial charge in [-0.2, -0.15) is 0 Å². The van der Waals surface area contributed by atoms with E-state index in [1.807, 2.05) is 10.8 Å². The van der Waals surface area contributed by atoms with E-state index in [0.717, 1.165) is 5.69 Å². The Morgan fingerprint density at radius 2 is 1.83 bits per heavy atom. The molecular weight excluding hydrogens is 309 g/mol. The molecule has 0 unspecified atom stereocenters. The van der Waals surface area contributed by atoms with Crippen molar-refractivity contribution >= 4 is 68.9 Å². The van der Waals surface area contributed by atoms with Crippen LogP contribution >= 0.6 is 46.8 Å². The highest BCUT2D eigenvalue weighted by molar-refractivity contribution is 7.80. The van der Waals surface area contributed by atoms with Crippen molar-refractivity contribution in [2.24, 2.45) is 0 Å². The van der Waals surface area contributed by atoms with Gasteiger partial charge in [-0.1, -0.05) is 29.3 Å². The Labute approximate surface area is 124 Å². The molecule has 0 aliphatic carbocycles. The van der Waals surface area contributed by atoms with E-state index in [1.165, 1.54) is 11.3 Å². The van der Waals surface area contributed by atoms with Crippen LogP contribution in [0, 0.1) is 0 Å². The maximum Gasteiger partial charge on any atom is 0.175 e. The minimum Gasteiger partial charge on any atom is -0.396 e. The summed E-state index contributed by atoms with van der Waals surface area (Å²) in [4.78, 5) is 0. The van der Waals surface area contributed by atoms with E-state index in [0.29, 0.717) is 26.5 Å². The number of benzene rings is 1. The Kier molecular flexibility index (Phi) is 4.29. The summed E-state index contributed by atoms with van der Waals surface area (Å²) in [7, 11) is 0. The molecule has 1 aromatic carbocycles. The molecule has 0 radical (unpaired) electrons. The minimum absolute atomic E-state index is 0.407. The fourth-order valence-corrected chi connectivity index (χ4v) is 2.64. The van der Waals surface area contributed by atoms with E-state index in [2.05, 4.69) is 10.6 Å². The number of hydrogen-bond acceptors (Lipinski definition) is 3. The summed E-state index contributed by atoms with van der Waals surface area (Å²) in [5.74, 6) is 0. The number of halogens is 2. The van der Waals surface area contributed by atoms with Gasteiger partial charge in [-0.3, -0.25) is 0 Å². The van der Waals surface area contributed by atoms with Crippen LogP contribution in [0.5, 0.6) is 0 Å². The van der Waals surface area contributed by atoms with Gasteiger partial charge in [0.05, 0.1) is 27.1 Å². The molecule has 0 amide bonds. The Balaban J connectivity index is 2.08. The van der Waals surface area contributed by atoms with Crippen molar-refractivity contribution in [3.63, 3.8) is 0 Å². The number of rotatable bonds is 2. The number of anilines is 3. The largest absolute Gasteiger partial charge is 0.396 e. The number of hydrogen-bond donors (Lipinski definition) is 3. The number of para-hydroxylation sites is 1. The molecule has 0 fully saturated rings. The molecule has 3 nitrogen and oxygen atoms in total. The summed E-state index contributed by atoms with van der Waals surface area (Å²) in [5.41, 5.74) is 7.71. The molecule has 7 heteroatoms. The van der Waals surface area contributed by atoms with Crippen molar-refractivity contribution in [3.05, 3.63) is 39.0 Å². The third kappa shape index (κ3) is 3.05. The highest BCUT2D eigenvalue weighted by Crippen LogP contribution is 2.28. The Bertz CT molecular complexity index is 583. The van der Waals surface area contributed by atoms with Crippen LogP contribution in [0.1, 0.15) is 0 Å². The standard InChI is InChI=1S/C11H9Cl2N3S2/c12-6-2-1-3-8(10(6)14)15-11(17)16-9-5-18-4-7(9)13/h1-5H,14H2,(H2,15,16,17). The molecule has 0 aliphatic rings. The first kappa shape index (κ1) is 13.4. The van der Waals surface area contributed by atoms with Crippen molar-refractivity contribution in [2.45, 2.75) is 0 Å². The average molecular weight is 318 g/mol. The molecule has 94 valence electrons. The third-order valence-corrected chi connectivity index (χ3v) is 3.88. The molecule has 1 heterocycles. The maximum atomic E-state index is 5.96. The maximum absolute atomic E-state index is 5.96. The fraction of sp³-hybridized carbons (Fsp3) is 0. The van der Waals surface area contributed by atoms with E-state index in [4.69, 9.17) is 41.2 Å². The van der Waals surface area contributed by atoms with Crippen molar-refractivity contribution in [2.75, 3.05) is 16.4 Å². The van der Waals surface area contributed by atoms with Crippen LogP contribution in [0.3, 0.4) is 0 Å². The lowest BCUT2D eigenvalue weighted by molar-refractivity contribution is 1.61. The predicted molar refractivity (Wildman–Crippen MR) is 85.0 cm³/mol. The Morgan fingerprint density at radius 1 is 1.11 bits per heavy atom. The highest BCUT2D eigenvalue weighted by Gasteiger charge is 2.07. The van der Waals surface area contributed by atoms with Gasteiger partial charge in [0.25, 0.3) is 0 Å². The zero-order chi connectivity index (χ0) is 13.1. The van der Waals surface area contributed by atoms with Gasteiger partial charge in [0.2, 0.25) is 0 Å². The van der Waals surface area contributed by atoms with Crippen LogP contribution in [0.4, 0.5) is 17.1 Å². The van der Waals surface area contributed by atoms with Crippen LogP contribution in [-0.2, 0) is 0 Å². The number of nitrogens with one attached hydrogen (secondary N) is 2. The number of thiophene rings is 1. The van der Waals surface area contributed by atoms with Crippen molar-refractivity contribution < 1.29 is 0 Å². The first-order valence-electron chi connectivity index (χ1n) is 4.91. The number of nitrogen functional groups attached to an aromatic ring is 1. The molecule has 0 bridgehead atoms. The molecular formula is C11H9Cl2N3S2. The lowest BCUT2D eigenvalue weighted by Crippen LogP contribution is -2.19. The van der Waals surface area contributed by atoms with Gasteiger partial charge in [-0.15, -0.1) is 11.3 Å². The van der Waals surface area contributed by atoms with Crippen molar-refractivity contribution in [3.8, 4) is 0 Å². The van der Waals surface area contributed by atoms with Crippen LogP contribution in [0.25, 0.3) is 0 Å². The zero-order valence-corrected chi connectivity index (χ0v) is 12.2. The molecule has 0 saturated carbocycles. The monoisotopic (exact) mass is 317 g/mol. The SMILES string of the molecule is Nc1c(Cl)cccc1NC(=S)Nc1cscc1Cl. The summed E-state index contributed by atoms with van der Waals surface area (Å²) in [6.07, 6.45) is 0. The number of thiocarbonyl (C=S) groups is 1. The minimum atomic E-state index is 0.407. The van der Waals surface area contributed by atoms with Crippen LogP contribution < -0.4 is 16.4 Å². The number of nitrogens with two attached hydrogens (primary N) is 1. The Morgan fingerprint density at radius 3 is 2.50 bits per heavy atom. The summed E-state index contributed by atoms with van der Waals surface area (Å²) in [5, 5.41) is 11.2. The molecule has 18 heavy (non-hydrogen) atoms. The second-order valence-corrected chi connectivity index (χ2v) is 5.38. The second kappa shape index (κ2) is 5.75. The second-order valence-electron chi connectivity index (χ2n) is 3.41. The topological polar surface area (TPSA) is 50.1 Å². The lowest BCUT2D eigenvalue weighted by Gasteiger charge is -2.12. The smallest absolute Gasteiger partial charge is 0.175 e. The first-order chi connectivity index (χ1) is 8.58. The molecule has 2 aromatic rings. The summed E-state index contributed by atoms with van der Waals surface area (Å²) in [6.45, 7) is 0. The quantitative estimate of drug-likeness (QED) is 0.566. The molecule has 4 N–H and O–H groups in total. The molecule has 0 atom stereocenters. The van der Waals surface area contributed by atoms with Gasteiger partial charge in [0.15, 0.2) is 5.11 Å². The third-order valence-electron chi connectivity index (χ3n) is 2.16. The van der Waals surface area contributed by atoms with E-state index in [1.54, 1.807) is 18.2 Å². The molecule has 0 saturated heterocycles. The summed E-state index contributed by atoms with van der Waals surface area (Å²) >= 11 is 18.5. The first-order valence-corrected chi connectivity index (χ1v) is 7.02. The van der Waals surface area contributed by atoms with Gasteiger partial charge >= 0.3 is 0 Å².